The summed E-state index contributed by atoms with van der Waals surface area (Å²) in [6.45, 7) is 1.94. The maximum absolute atomic E-state index is 12.7. The molecule has 182 valence electrons. The van der Waals surface area contributed by atoms with Gasteiger partial charge in [0.1, 0.15) is 0 Å². The Morgan fingerprint density at radius 1 is 1.00 bits per heavy atom. The predicted octanol–water partition coefficient (Wildman–Crippen LogP) is 6.50. The third-order valence-electron chi connectivity index (χ3n) is 5.05. The molecule has 0 heterocycles. The first-order chi connectivity index (χ1) is 16.6. The molecule has 0 fully saturated rings. The second-order valence-corrected chi connectivity index (χ2v) is 7.48. The van der Waals surface area contributed by atoms with Crippen molar-refractivity contribution in [3.05, 3.63) is 89.7 Å². The monoisotopic (exact) mass is 484 g/mol. The number of urea groups is 1. The molecule has 0 unspecified atom stereocenters. The molecule has 6 nitrogen and oxygen atoms in total. The molecule has 0 bridgehead atoms. The summed E-state index contributed by atoms with van der Waals surface area (Å²) in [5.74, 6) is -1.30. The second kappa shape index (κ2) is 10.8. The Morgan fingerprint density at radius 3 is 2.23 bits per heavy atom. The predicted molar refractivity (Wildman–Crippen MR) is 128 cm³/mol. The first-order valence-electron chi connectivity index (χ1n) is 10.6. The molecular weight excluding hydrogens is 461 g/mol. The molecule has 35 heavy (non-hydrogen) atoms. The Balaban J connectivity index is 1.74. The van der Waals surface area contributed by atoms with Gasteiger partial charge in [-0.25, -0.2) is 9.59 Å². The number of alkyl halides is 3. The first-order valence-corrected chi connectivity index (χ1v) is 10.6. The van der Waals surface area contributed by atoms with Crippen LogP contribution in [0.2, 0.25) is 0 Å². The number of nitrogens with zero attached hydrogens (tertiary/aromatic N) is 1. The summed E-state index contributed by atoms with van der Waals surface area (Å²) in [6, 6.07) is 18.0. The van der Waals surface area contributed by atoms with Crippen LogP contribution < -0.4 is 10.2 Å². The quantitative estimate of drug-likeness (QED) is 0.296. The maximum atomic E-state index is 12.7. The number of carboxylic acids is 1. The van der Waals surface area contributed by atoms with E-state index in [9.17, 15) is 27.9 Å². The van der Waals surface area contributed by atoms with Gasteiger partial charge in [0.15, 0.2) is 0 Å². The number of ether oxygens (including phenoxy) is 1. The zero-order chi connectivity index (χ0) is 25.6. The minimum Gasteiger partial charge on any atom is -0.487 e. The summed E-state index contributed by atoms with van der Waals surface area (Å²) in [5, 5.41) is 11.8. The normalized spacial score (nSPS) is 11.6. The fourth-order valence-electron chi connectivity index (χ4n) is 3.21. The third-order valence-corrected chi connectivity index (χ3v) is 5.05. The van der Waals surface area contributed by atoms with E-state index in [0.717, 1.165) is 23.3 Å². The van der Waals surface area contributed by atoms with Crippen molar-refractivity contribution in [2.75, 3.05) is 23.9 Å². The van der Waals surface area contributed by atoms with Crippen LogP contribution in [0.5, 0.6) is 0 Å². The zero-order valence-electron chi connectivity index (χ0n) is 19.0. The Bertz CT molecular complexity index is 1220. The lowest BCUT2D eigenvalue weighted by molar-refractivity contribution is -0.138. The van der Waals surface area contributed by atoms with Crippen molar-refractivity contribution in [1.29, 1.82) is 0 Å². The van der Waals surface area contributed by atoms with E-state index in [1.807, 2.05) is 18.2 Å². The van der Waals surface area contributed by atoms with Crippen LogP contribution >= 0.6 is 0 Å². The highest BCUT2D eigenvalue weighted by Crippen LogP contribution is 2.30. The number of rotatable bonds is 7. The number of anilines is 2. The molecule has 2 amide bonds. The van der Waals surface area contributed by atoms with Crippen LogP contribution in [0.4, 0.5) is 29.3 Å². The lowest BCUT2D eigenvalue weighted by Gasteiger charge is -2.19. The number of aliphatic carboxylic acids is 1. The third kappa shape index (κ3) is 6.63. The number of hydrogen-bond donors (Lipinski definition) is 2. The van der Waals surface area contributed by atoms with Gasteiger partial charge in [-0.05, 0) is 66.1 Å². The van der Waals surface area contributed by atoms with Gasteiger partial charge in [-0.15, -0.1) is 0 Å². The summed E-state index contributed by atoms with van der Waals surface area (Å²) in [7, 11) is 1.55. The molecule has 0 saturated carbocycles. The van der Waals surface area contributed by atoms with Gasteiger partial charge in [0.05, 0.1) is 12.2 Å². The van der Waals surface area contributed by atoms with Crippen LogP contribution in [0, 0.1) is 0 Å². The fraction of sp³-hybridized carbons (Fsp3) is 0.154. The second-order valence-electron chi connectivity index (χ2n) is 7.48. The Morgan fingerprint density at radius 2 is 1.66 bits per heavy atom. The number of amides is 2. The van der Waals surface area contributed by atoms with Crippen LogP contribution in [0.15, 0.2) is 78.6 Å². The number of carbonyl (C=O) groups excluding carboxylic acids is 1. The van der Waals surface area contributed by atoms with Gasteiger partial charge in [0.2, 0.25) is 5.76 Å². The zero-order valence-corrected chi connectivity index (χ0v) is 19.0. The van der Waals surface area contributed by atoms with Crippen LogP contribution in [0.1, 0.15) is 18.1 Å². The Hall–Kier alpha value is -4.27. The van der Waals surface area contributed by atoms with E-state index in [4.69, 9.17) is 4.74 Å². The highest BCUT2D eigenvalue weighted by molar-refractivity contribution is 6.01. The molecule has 3 rings (SSSR count). The molecular formula is C26H23F3N2O4. The van der Waals surface area contributed by atoms with Gasteiger partial charge < -0.3 is 15.2 Å². The van der Waals surface area contributed by atoms with Gasteiger partial charge >= 0.3 is 18.2 Å². The number of benzene rings is 3. The van der Waals surface area contributed by atoms with E-state index in [2.05, 4.69) is 5.32 Å². The standard InChI is InChI=1S/C26H23F3N2O4/c1-3-35-23(24(32)33)15-17-7-9-18(10-8-17)19-5-4-6-22(16-19)31(2)25(34)30-21-13-11-20(12-14-21)26(27,28)29/h4-16H,3H2,1-2H3,(H,30,34)(H,32,33)/b23-15-. The summed E-state index contributed by atoms with van der Waals surface area (Å²) in [6.07, 6.45) is -3.01. The van der Waals surface area contributed by atoms with E-state index in [-0.39, 0.29) is 18.1 Å². The molecule has 9 heteroatoms. The van der Waals surface area contributed by atoms with Crippen LogP contribution in [0.25, 0.3) is 17.2 Å². The van der Waals surface area contributed by atoms with Crippen LogP contribution in [0.3, 0.4) is 0 Å². The molecule has 0 spiro atoms. The lowest BCUT2D eigenvalue weighted by atomic mass is 10.0. The smallest absolute Gasteiger partial charge is 0.416 e. The minimum atomic E-state index is -4.45. The Kier molecular flexibility index (Phi) is 7.80. The van der Waals surface area contributed by atoms with Crippen molar-refractivity contribution in [2.24, 2.45) is 0 Å². The van der Waals surface area contributed by atoms with Gasteiger partial charge in [-0.3, -0.25) is 4.90 Å². The molecule has 3 aromatic rings. The average Bonchev–Trinajstić information content (AvgIpc) is 2.83. The van der Waals surface area contributed by atoms with E-state index in [1.54, 1.807) is 44.3 Å². The van der Waals surface area contributed by atoms with E-state index >= 15 is 0 Å². The fourth-order valence-corrected chi connectivity index (χ4v) is 3.21. The highest BCUT2D eigenvalue weighted by atomic mass is 19.4. The molecule has 0 aliphatic heterocycles. The molecule has 0 aromatic heterocycles. The summed E-state index contributed by atoms with van der Waals surface area (Å²) in [4.78, 5) is 25.2. The largest absolute Gasteiger partial charge is 0.487 e. The molecule has 0 atom stereocenters. The summed E-state index contributed by atoms with van der Waals surface area (Å²) >= 11 is 0. The molecule has 0 aliphatic rings. The van der Waals surface area contributed by atoms with Crippen molar-refractivity contribution >= 4 is 29.5 Å². The first kappa shape index (κ1) is 25.4. The summed E-state index contributed by atoms with van der Waals surface area (Å²) in [5.41, 5.74) is 2.33. The van der Waals surface area contributed by atoms with E-state index < -0.39 is 23.7 Å². The van der Waals surface area contributed by atoms with Crippen molar-refractivity contribution in [3.63, 3.8) is 0 Å². The van der Waals surface area contributed by atoms with Crippen molar-refractivity contribution < 1.29 is 32.6 Å². The number of nitrogens with one attached hydrogen (secondary N) is 1. The van der Waals surface area contributed by atoms with Gasteiger partial charge in [-0.2, -0.15) is 13.2 Å². The van der Waals surface area contributed by atoms with Gasteiger partial charge in [-0.1, -0.05) is 36.4 Å². The molecule has 3 aromatic carbocycles. The van der Waals surface area contributed by atoms with Gasteiger partial charge in [0, 0.05) is 18.4 Å². The topological polar surface area (TPSA) is 78.9 Å². The van der Waals surface area contributed by atoms with Gasteiger partial charge in [0.25, 0.3) is 0 Å². The van der Waals surface area contributed by atoms with E-state index in [0.29, 0.717) is 11.3 Å². The molecule has 0 saturated heterocycles. The highest BCUT2D eigenvalue weighted by Gasteiger charge is 2.30. The number of hydrogen-bond acceptors (Lipinski definition) is 3. The average molecular weight is 484 g/mol. The molecule has 2 N–H and O–H groups in total. The summed E-state index contributed by atoms with van der Waals surface area (Å²) < 4.78 is 43.3. The van der Waals surface area contributed by atoms with Crippen molar-refractivity contribution in [1.82, 2.24) is 0 Å². The number of halogens is 3. The molecule has 0 aliphatic carbocycles. The maximum Gasteiger partial charge on any atom is 0.416 e. The van der Waals surface area contributed by atoms with Crippen LogP contribution in [-0.4, -0.2) is 30.8 Å². The van der Waals surface area contributed by atoms with Crippen molar-refractivity contribution in [2.45, 2.75) is 13.1 Å². The van der Waals surface area contributed by atoms with Crippen molar-refractivity contribution in [3.8, 4) is 11.1 Å². The number of carbonyl (C=O) groups is 2. The van der Waals surface area contributed by atoms with E-state index in [1.165, 1.54) is 23.1 Å². The number of carboxylic acid groups (broad SMARTS) is 1. The van der Waals surface area contributed by atoms with Crippen LogP contribution in [-0.2, 0) is 15.7 Å². The lowest BCUT2D eigenvalue weighted by Crippen LogP contribution is -2.31. The molecule has 0 radical (unpaired) electrons. The Labute approximate surface area is 200 Å². The minimum absolute atomic E-state index is 0.150. The SMILES string of the molecule is CCO/C(=C\c1ccc(-c2cccc(N(C)C(=O)Nc3ccc(C(F)(F)F)cc3)c2)cc1)C(=O)O.